The van der Waals surface area contributed by atoms with E-state index >= 15 is 0 Å². The molecule has 1 heterocycles. The van der Waals surface area contributed by atoms with Gasteiger partial charge in [0.1, 0.15) is 18.2 Å². The number of benzene rings is 1. The van der Waals surface area contributed by atoms with Crippen molar-refractivity contribution in [3.8, 4) is 11.5 Å². The second-order valence-corrected chi connectivity index (χ2v) is 5.36. The van der Waals surface area contributed by atoms with E-state index in [0.717, 1.165) is 18.2 Å². The molecule has 11 heteroatoms. The molecule has 28 heavy (non-hydrogen) atoms. The Labute approximate surface area is 156 Å². The number of carbonyl (C=O) groups excluding carboxylic acids is 2. The van der Waals surface area contributed by atoms with Crippen LogP contribution in [-0.2, 0) is 4.79 Å². The van der Waals surface area contributed by atoms with E-state index in [1.165, 1.54) is 25.3 Å². The van der Waals surface area contributed by atoms with E-state index in [-0.39, 0.29) is 36.2 Å². The number of aromatic nitrogens is 1. The Morgan fingerprint density at radius 2 is 1.93 bits per heavy atom. The maximum Gasteiger partial charge on any atom is 0.573 e. The predicted molar refractivity (Wildman–Crippen MR) is 89.5 cm³/mol. The van der Waals surface area contributed by atoms with Crippen molar-refractivity contribution < 1.29 is 36.6 Å². The Morgan fingerprint density at radius 3 is 2.57 bits per heavy atom. The van der Waals surface area contributed by atoms with Gasteiger partial charge in [-0.1, -0.05) is 0 Å². The third kappa shape index (κ3) is 6.74. The van der Waals surface area contributed by atoms with Crippen LogP contribution in [0.3, 0.4) is 0 Å². The molecule has 0 aliphatic carbocycles. The van der Waals surface area contributed by atoms with Gasteiger partial charge in [-0.3, -0.25) is 9.59 Å². The number of pyridine rings is 1. The van der Waals surface area contributed by atoms with Crippen LogP contribution in [0.2, 0.25) is 0 Å². The van der Waals surface area contributed by atoms with E-state index in [4.69, 9.17) is 4.74 Å². The van der Waals surface area contributed by atoms with E-state index in [1.807, 2.05) is 0 Å². The van der Waals surface area contributed by atoms with Gasteiger partial charge in [0.25, 0.3) is 5.91 Å². The van der Waals surface area contributed by atoms with Crippen molar-refractivity contribution in [2.75, 3.05) is 18.5 Å². The molecule has 7 nitrogen and oxygen atoms in total. The van der Waals surface area contributed by atoms with Crippen LogP contribution in [0.5, 0.6) is 11.5 Å². The number of anilines is 1. The average molecular weight is 401 g/mol. The van der Waals surface area contributed by atoms with Gasteiger partial charge in [-0.2, -0.15) is 0 Å². The molecule has 0 spiro atoms. The van der Waals surface area contributed by atoms with Gasteiger partial charge < -0.3 is 20.1 Å². The molecule has 0 fully saturated rings. The maximum atomic E-state index is 13.6. The summed E-state index contributed by atoms with van der Waals surface area (Å²) >= 11 is 0. The number of amides is 2. The summed E-state index contributed by atoms with van der Waals surface area (Å²) < 4.78 is 58.5. The van der Waals surface area contributed by atoms with Crippen LogP contribution in [0.25, 0.3) is 0 Å². The first kappa shape index (κ1) is 20.9. The number of carbonyl (C=O) groups is 2. The van der Waals surface area contributed by atoms with Gasteiger partial charge in [0.05, 0.1) is 6.54 Å². The van der Waals surface area contributed by atoms with Gasteiger partial charge in [-0.15, -0.1) is 13.2 Å². The Morgan fingerprint density at radius 1 is 1.18 bits per heavy atom. The Kier molecular flexibility index (Phi) is 6.74. The third-order valence-electron chi connectivity index (χ3n) is 3.11. The van der Waals surface area contributed by atoms with E-state index < -0.39 is 23.8 Å². The average Bonchev–Trinajstić information content (AvgIpc) is 2.59. The smallest absolute Gasteiger partial charge is 0.492 e. The molecule has 2 amide bonds. The molecule has 2 N–H and O–H groups in total. The van der Waals surface area contributed by atoms with Crippen LogP contribution in [0.4, 0.5) is 23.4 Å². The molecule has 0 aliphatic heterocycles. The molecular formula is C17H15F4N3O4. The van der Waals surface area contributed by atoms with E-state index in [2.05, 4.69) is 20.4 Å². The molecule has 0 saturated heterocycles. The fraction of sp³-hybridized carbons (Fsp3) is 0.235. The first-order chi connectivity index (χ1) is 13.1. The van der Waals surface area contributed by atoms with Crippen LogP contribution < -0.4 is 20.1 Å². The molecule has 0 unspecified atom stereocenters. The van der Waals surface area contributed by atoms with E-state index in [1.54, 1.807) is 0 Å². The summed E-state index contributed by atoms with van der Waals surface area (Å²) in [5, 5.41) is 4.98. The zero-order valence-electron chi connectivity index (χ0n) is 14.5. The molecule has 2 aromatic rings. The highest BCUT2D eigenvalue weighted by Gasteiger charge is 2.32. The number of halogens is 4. The minimum absolute atomic E-state index is 0.0295. The van der Waals surface area contributed by atoms with Crippen molar-refractivity contribution >= 4 is 17.6 Å². The van der Waals surface area contributed by atoms with Crippen LogP contribution in [0.1, 0.15) is 17.3 Å². The summed E-state index contributed by atoms with van der Waals surface area (Å²) in [5.74, 6) is -2.82. The van der Waals surface area contributed by atoms with Crippen LogP contribution >= 0.6 is 0 Å². The lowest BCUT2D eigenvalue weighted by Crippen LogP contribution is -2.28. The summed E-state index contributed by atoms with van der Waals surface area (Å²) in [5.41, 5.74) is 0.249. The fourth-order valence-corrected chi connectivity index (χ4v) is 2.03. The molecule has 0 radical (unpaired) electrons. The van der Waals surface area contributed by atoms with Crippen LogP contribution in [-0.4, -0.2) is 36.3 Å². The Bertz CT molecular complexity index is 859. The lowest BCUT2D eigenvalue weighted by molar-refractivity contribution is -0.275. The van der Waals surface area contributed by atoms with Gasteiger partial charge in [-0.05, 0) is 24.3 Å². The zero-order valence-corrected chi connectivity index (χ0v) is 14.5. The molecule has 1 aromatic heterocycles. The van der Waals surface area contributed by atoms with Crippen LogP contribution in [0.15, 0.2) is 36.5 Å². The standard InChI is InChI=1S/C17H15F4N3O4/c1-10(25)24-15-8-11(4-5-22-15)16(26)23-6-7-27-12-2-3-14(13(18)9-12)28-17(19,20)21/h2-5,8-9H,6-7H2,1H3,(H,23,26)(H,22,24,25). The lowest BCUT2D eigenvalue weighted by Gasteiger charge is -2.11. The van der Waals surface area contributed by atoms with Crippen molar-refractivity contribution in [3.63, 3.8) is 0 Å². The molecule has 0 aliphatic rings. The van der Waals surface area contributed by atoms with Gasteiger partial charge in [0.2, 0.25) is 5.91 Å². The second kappa shape index (κ2) is 9.02. The number of nitrogens with one attached hydrogen (secondary N) is 2. The molecule has 0 saturated carbocycles. The van der Waals surface area contributed by atoms with Crippen molar-refractivity contribution in [2.45, 2.75) is 13.3 Å². The first-order valence-electron chi connectivity index (χ1n) is 7.84. The third-order valence-corrected chi connectivity index (χ3v) is 3.11. The molecule has 0 bridgehead atoms. The van der Waals surface area contributed by atoms with Gasteiger partial charge in [0, 0.05) is 24.8 Å². The summed E-state index contributed by atoms with van der Waals surface area (Å²) in [6.07, 6.45) is -3.65. The number of rotatable bonds is 7. The minimum atomic E-state index is -5.00. The van der Waals surface area contributed by atoms with E-state index in [0.29, 0.717) is 0 Å². The first-order valence-corrected chi connectivity index (χ1v) is 7.84. The van der Waals surface area contributed by atoms with Gasteiger partial charge in [-0.25, -0.2) is 9.37 Å². The molecule has 150 valence electrons. The van der Waals surface area contributed by atoms with Crippen LogP contribution in [0, 0.1) is 5.82 Å². The lowest BCUT2D eigenvalue weighted by atomic mass is 10.2. The summed E-state index contributed by atoms with van der Waals surface area (Å²) in [7, 11) is 0. The zero-order chi connectivity index (χ0) is 20.7. The Hall–Kier alpha value is -3.37. The molecular weight excluding hydrogens is 386 g/mol. The summed E-state index contributed by atoms with van der Waals surface area (Å²) in [4.78, 5) is 26.9. The highest BCUT2D eigenvalue weighted by molar-refractivity contribution is 5.96. The number of hydrogen-bond donors (Lipinski definition) is 2. The largest absolute Gasteiger partial charge is 0.573 e. The SMILES string of the molecule is CC(=O)Nc1cc(C(=O)NCCOc2ccc(OC(F)(F)F)c(F)c2)ccn1. The fourth-order valence-electron chi connectivity index (χ4n) is 2.03. The van der Waals surface area contributed by atoms with Gasteiger partial charge in [0.15, 0.2) is 11.6 Å². The molecule has 2 rings (SSSR count). The minimum Gasteiger partial charge on any atom is -0.492 e. The van der Waals surface area contributed by atoms with Crippen molar-refractivity contribution in [3.05, 3.63) is 47.9 Å². The highest BCUT2D eigenvalue weighted by atomic mass is 19.4. The van der Waals surface area contributed by atoms with Crippen molar-refractivity contribution in [1.82, 2.24) is 10.3 Å². The highest BCUT2D eigenvalue weighted by Crippen LogP contribution is 2.28. The molecule has 1 aromatic carbocycles. The number of hydrogen-bond acceptors (Lipinski definition) is 5. The quantitative estimate of drug-likeness (QED) is 0.550. The van der Waals surface area contributed by atoms with E-state index in [9.17, 15) is 27.2 Å². The maximum absolute atomic E-state index is 13.6. The predicted octanol–water partition coefficient (Wildman–Crippen LogP) is 2.89. The summed E-state index contributed by atoms with van der Waals surface area (Å²) in [6, 6.07) is 5.46. The van der Waals surface area contributed by atoms with Gasteiger partial charge >= 0.3 is 6.36 Å². The second-order valence-electron chi connectivity index (χ2n) is 5.36. The Balaban J connectivity index is 1.83. The van der Waals surface area contributed by atoms with Crippen molar-refractivity contribution in [1.29, 1.82) is 0 Å². The normalized spacial score (nSPS) is 10.9. The molecule has 0 atom stereocenters. The monoisotopic (exact) mass is 401 g/mol. The number of nitrogens with zero attached hydrogens (tertiary/aromatic N) is 1. The topological polar surface area (TPSA) is 89.6 Å². The van der Waals surface area contributed by atoms with Crippen molar-refractivity contribution in [2.24, 2.45) is 0 Å². The number of alkyl halides is 3. The number of ether oxygens (including phenoxy) is 2. The summed E-state index contributed by atoms with van der Waals surface area (Å²) in [6.45, 7) is 1.28.